The van der Waals surface area contributed by atoms with E-state index in [4.69, 9.17) is 0 Å². The van der Waals surface area contributed by atoms with Crippen molar-refractivity contribution in [2.45, 2.75) is 44.9 Å². The molecule has 2 rings (SSSR count). The van der Waals surface area contributed by atoms with E-state index >= 15 is 0 Å². The second-order valence-corrected chi connectivity index (χ2v) is 7.18. The van der Waals surface area contributed by atoms with Crippen LogP contribution >= 0.6 is 0 Å². The van der Waals surface area contributed by atoms with Crippen molar-refractivity contribution in [1.29, 1.82) is 0 Å². The molecule has 2 amide bonds. The van der Waals surface area contributed by atoms with Gasteiger partial charge in [0.05, 0.1) is 12.1 Å². The molecule has 0 bridgehead atoms. The molecule has 1 heterocycles. The summed E-state index contributed by atoms with van der Waals surface area (Å²) >= 11 is 0. The summed E-state index contributed by atoms with van der Waals surface area (Å²) in [6.45, 7) is 6.60. The standard InChI is InChI=1S/C18H29N3O2/c1-18(2,23)14-20(3)17(22)19-16-10-7-11-21(13-16)12-15-8-5-4-6-9-15/h4-6,8-9,16,23H,7,10-14H2,1-3H3,(H,19,22). The molecule has 1 atom stereocenters. The molecule has 128 valence electrons. The van der Waals surface area contributed by atoms with Crippen molar-refractivity contribution in [3.05, 3.63) is 35.9 Å². The van der Waals surface area contributed by atoms with Gasteiger partial charge in [-0.05, 0) is 38.8 Å². The average Bonchev–Trinajstić information content (AvgIpc) is 2.47. The Hall–Kier alpha value is -1.59. The van der Waals surface area contributed by atoms with Gasteiger partial charge in [-0.2, -0.15) is 0 Å². The molecule has 0 saturated carbocycles. The van der Waals surface area contributed by atoms with Crippen LogP contribution in [0.15, 0.2) is 30.3 Å². The number of nitrogens with zero attached hydrogens (tertiary/aromatic N) is 2. The highest BCUT2D eigenvalue weighted by Crippen LogP contribution is 2.14. The van der Waals surface area contributed by atoms with Crippen LogP contribution in [0.3, 0.4) is 0 Å². The van der Waals surface area contributed by atoms with E-state index < -0.39 is 5.60 Å². The number of nitrogens with one attached hydrogen (secondary N) is 1. The van der Waals surface area contributed by atoms with Crippen LogP contribution in [0.25, 0.3) is 0 Å². The fourth-order valence-corrected chi connectivity index (χ4v) is 3.10. The predicted molar refractivity (Wildman–Crippen MR) is 92.2 cm³/mol. The van der Waals surface area contributed by atoms with Crippen LogP contribution in [-0.2, 0) is 6.54 Å². The molecule has 0 aromatic heterocycles. The second-order valence-electron chi connectivity index (χ2n) is 7.18. The van der Waals surface area contributed by atoms with Gasteiger partial charge in [0.1, 0.15) is 0 Å². The Labute approximate surface area is 139 Å². The Bertz CT molecular complexity index is 499. The van der Waals surface area contributed by atoms with E-state index in [1.807, 2.05) is 6.07 Å². The van der Waals surface area contributed by atoms with Crippen LogP contribution in [0, 0.1) is 0 Å². The first-order valence-corrected chi connectivity index (χ1v) is 8.34. The third-order valence-corrected chi connectivity index (χ3v) is 4.05. The third-order valence-electron chi connectivity index (χ3n) is 4.05. The zero-order valence-electron chi connectivity index (χ0n) is 14.5. The first-order valence-electron chi connectivity index (χ1n) is 8.34. The van der Waals surface area contributed by atoms with Crippen LogP contribution in [-0.4, -0.2) is 59.3 Å². The van der Waals surface area contributed by atoms with Gasteiger partial charge < -0.3 is 15.3 Å². The molecular weight excluding hydrogens is 290 g/mol. The molecule has 1 unspecified atom stereocenters. The summed E-state index contributed by atoms with van der Waals surface area (Å²) in [5, 5.41) is 12.9. The summed E-state index contributed by atoms with van der Waals surface area (Å²) < 4.78 is 0. The van der Waals surface area contributed by atoms with Crippen molar-refractivity contribution in [2.75, 3.05) is 26.7 Å². The normalized spacial score (nSPS) is 19.4. The Morgan fingerprint density at radius 1 is 1.39 bits per heavy atom. The number of benzene rings is 1. The molecule has 1 aliphatic heterocycles. The zero-order chi connectivity index (χ0) is 16.9. The average molecular weight is 319 g/mol. The largest absolute Gasteiger partial charge is 0.389 e. The van der Waals surface area contributed by atoms with Gasteiger partial charge in [0.25, 0.3) is 0 Å². The molecule has 5 nitrogen and oxygen atoms in total. The summed E-state index contributed by atoms with van der Waals surface area (Å²) in [5.41, 5.74) is 0.427. The molecule has 0 aliphatic carbocycles. The minimum Gasteiger partial charge on any atom is -0.389 e. The van der Waals surface area contributed by atoms with E-state index in [1.165, 1.54) is 5.56 Å². The van der Waals surface area contributed by atoms with Gasteiger partial charge >= 0.3 is 6.03 Å². The summed E-state index contributed by atoms with van der Waals surface area (Å²) in [4.78, 5) is 16.2. The molecule has 1 aliphatic rings. The first kappa shape index (κ1) is 17.8. The monoisotopic (exact) mass is 319 g/mol. The Morgan fingerprint density at radius 2 is 2.09 bits per heavy atom. The summed E-state index contributed by atoms with van der Waals surface area (Å²) in [5.74, 6) is 0. The van der Waals surface area contributed by atoms with Crippen LogP contribution in [0.5, 0.6) is 0 Å². The number of likely N-dealkylation sites (N-methyl/N-ethyl adjacent to an activating group) is 1. The molecule has 0 radical (unpaired) electrons. The fraction of sp³-hybridized carbons (Fsp3) is 0.611. The lowest BCUT2D eigenvalue weighted by molar-refractivity contribution is 0.0521. The van der Waals surface area contributed by atoms with E-state index in [9.17, 15) is 9.90 Å². The van der Waals surface area contributed by atoms with Crippen molar-refractivity contribution in [2.24, 2.45) is 0 Å². The van der Waals surface area contributed by atoms with Gasteiger partial charge in [-0.25, -0.2) is 4.79 Å². The number of hydrogen-bond donors (Lipinski definition) is 2. The maximum atomic E-state index is 12.2. The zero-order valence-corrected chi connectivity index (χ0v) is 14.5. The lowest BCUT2D eigenvalue weighted by Gasteiger charge is -2.34. The summed E-state index contributed by atoms with van der Waals surface area (Å²) in [6.07, 6.45) is 2.10. The quantitative estimate of drug-likeness (QED) is 0.873. The van der Waals surface area contributed by atoms with Gasteiger partial charge in [-0.1, -0.05) is 30.3 Å². The third kappa shape index (κ3) is 6.20. The minimum atomic E-state index is -0.877. The van der Waals surface area contributed by atoms with Crippen LogP contribution < -0.4 is 5.32 Å². The molecule has 1 fully saturated rings. The Morgan fingerprint density at radius 3 is 2.74 bits per heavy atom. The Kier molecular flexibility index (Phi) is 6.02. The minimum absolute atomic E-state index is 0.112. The van der Waals surface area contributed by atoms with Crippen molar-refractivity contribution in [3.8, 4) is 0 Å². The SMILES string of the molecule is CN(CC(C)(C)O)C(=O)NC1CCCN(Cc2ccccc2)C1. The molecule has 1 saturated heterocycles. The maximum Gasteiger partial charge on any atom is 0.317 e. The molecule has 1 aromatic rings. The van der Waals surface area contributed by atoms with Gasteiger partial charge in [-0.15, -0.1) is 0 Å². The molecular formula is C18H29N3O2. The van der Waals surface area contributed by atoms with Gasteiger partial charge in [0, 0.05) is 26.2 Å². The maximum absolute atomic E-state index is 12.2. The van der Waals surface area contributed by atoms with E-state index in [0.29, 0.717) is 6.54 Å². The smallest absolute Gasteiger partial charge is 0.317 e. The Balaban J connectivity index is 1.83. The van der Waals surface area contributed by atoms with E-state index in [-0.39, 0.29) is 12.1 Å². The van der Waals surface area contributed by atoms with Crippen LogP contribution in [0.2, 0.25) is 0 Å². The van der Waals surface area contributed by atoms with Crippen molar-refractivity contribution in [3.63, 3.8) is 0 Å². The number of hydrogen-bond acceptors (Lipinski definition) is 3. The van der Waals surface area contributed by atoms with Crippen LogP contribution in [0.1, 0.15) is 32.3 Å². The molecule has 0 spiro atoms. The molecule has 5 heteroatoms. The number of carbonyl (C=O) groups excluding carboxylic acids is 1. The number of carbonyl (C=O) groups is 1. The number of aliphatic hydroxyl groups is 1. The van der Waals surface area contributed by atoms with E-state index in [0.717, 1.165) is 32.5 Å². The molecule has 23 heavy (non-hydrogen) atoms. The lowest BCUT2D eigenvalue weighted by atomic mass is 10.0. The lowest BCUT2D eigenvalue weighted by Crippen LogP contribution is -2.52. The van der Waals surface area contributed by atoms with E-state index in [2.05, 4.69) is 34.5 Å². The van der Waals surface area contributed by atoms with Crippen molar-refractivity contribution in [1.82, 2.24) is 15.1 Å². The number of rotatable bonds is 5. The van der Waals surface area contributed by atoms with Gasteiger partial charge in [0.2, 0.25) is 0 Å². The number of urea groups is 1. The number of likely N-dealkylation sites (tertiary alicyclic amines) is 1. The van der Waals surface area contributed by atoms with E-state index in [1.54, 1.807) is 25.8 Å². The van der Waals surface area contributed by atoms with Gasteiger partial charge in [-0.3, -0.25) is 4.90 Å². The van der Waals surface area contributed by atoms with Gasteiger partial charge in [0.15, 0.2) is 0 Å². The number of piperidine rings is 1. The highest BCUT2D eigenvalue weighted by molar-refractivity contribution is 5.74. The topological polar surface area (TPSA) is 55.8 Å². The van der Waals surface area contributed by atoms with Crippen molar-refractivity contribution < 1.29 is 9.90 Å². The highest BCUT2D eigenvalue weighted by atomic mass is 16.3. The van der Waals surface area contributed by atoms with Crippen molar-refractivity contribution >= 4 is 6.03 Å². The first-order chi connectivity index (χ1) is 10.8. The predicted octanol–water partition coefficient (Wildman–Crippen LogP) is 2.06. The molecule has 2 N–H and O–H groups in total. The summed E-state index contributed by atoms with van der Waals surface area (Å²) in [7, 11) is 1.72. The summed E-state index contributed by atoms with van der Waals surface area (Å²) in [6, 6.07) is 10.5. The highest BCUT2D eigenvalue weighted by Gasteiger charge is 2.24. The number of amides is 2. The second kappa shape index (κ2) is 7.79. The van der Waals surface area contributed by atoms with Crippen LogP contribution in [0.4, 0.5) is 4.79 Å². The fourth-order valence-electron chi connectivity index (χ4n) is 3.10. The molecule has 1 aromatic carbocycles.